The maximum atomic E-state index is 12.2. The van der Waals surface area contributed by atoms with Gasteiger partial charge in [0.2, 0.25) is 11.8 Å². The van der Waals surface area contributed by atoms with Crippen LogP contribution in [0.25, 0.3) is 11.4 Å². The summed E-state index contributed by atoms with van der Waals surface area (Å²) >= 11 is 1.28. The first-order valence-electron chi connectivity index (χ1n) is 9.57. The largest absolute Gasteiger partial charge is 0.346 e. The van der Waals surface area contributed by atoms with Gasteiger partial charge >= 0.3 is 0 Å². The average molecular weight is 424 g/mol. The van der Waals surface area contributed by atoms with E-state index >= 15 is 0 Å². The smallest absolute Gasteiger partial charge is 0.243 e. The van der Waals surface area contributed by atoms with Crippen LogP contribution in [0.2, 0.25) is 0 Å². The molecule has 156 valence electrons. The molecule has 0 unspecified atom stereocenters. The molecule has 7 nitrogen and oxygen atoms in total. The van der Waals surface area contributed by atoms with E-state index < -0.39 is 0 Å². The van der Waals surface area contributed by atoms with Gasteiger partial charge in [0.1, 0.15) is 0 Å². The Morgan fingerprint density at radius 3 is 2.30 bits per heavy atom. The van der Waals surface area contributed by atoms with E-state index in [1.54, 1.807) is 0 Å². The molecular formula is C22H25N5O2S. The Kier molecular flexibility index (Phi) is 6.89. The summed E-state index contributed by atoms with van der Waals surface area (Å²) in [6.07, 6.45) is 0. The number of para-hydroxylation sites is 1. The number of nitrogens with zero attached hydrogens (tertiary/aromatic N) is 3. The quantitative estimate of drug-likeness (QED) is 0.570. The molecule has 0 radical (unpaired) electrons. The highest BCUT2D eigenvalue weighted by Gasteiger charge is 2.14. The maximum Gasteiger partial charge on any atom is 0.243 e. The Bertz CT molecular complexity index is 1040. The van der Waals surface area contributed by atoms with Gasteiger partial charge in [-0.2, -0.15) is 0 Å². The zero-order valence-corrected chi connectivity index (χ0v) is 18.3. The molecule has 2 amide bonds. The number of carbonyl (C=O) groups is 2. The minimum absolute atomic E-state index is 0.0827. The molecule has 0 atom stereocenters. The first kappa shape index (κ1) is 21.6. The number of anilines is 1. The number of nitrogens with one attached hydrogen (secondary N) is 2. The topological polar surface area (TPSA) is 88.9 Å². The van der Waals surface area contributed by atoms with Gasteiger partial charge in [-0.15, -0.1) is 10.2 Å². The fraction of sp³-hybridized carbons (Fsp3) is 0.273. The van der Waals surface area contributed by atoms with E-state index in [1.807, 2.05) is 74.9 Å². The molecule has 0 aliphatic rings. The fourth-order valence-electron chi connectivity index (χ4n) is 2.95. The molecule has 2 aromatic carbocycles. The van der Waals surface area contributed by atoms with Crippen molar-refractivity contribution < 1.29 is 9.59 Å². The predicted molar refractivity (Wildman–Crippen MR) is 119 cm³/mol. The van der Waals surface area contributed by atoms with Gasteiger partial charge in [0.15, 0.2) is 11.0 Å². The van der Waals surface area contributed by atoms with Crippen molar-refractivity contribution in [1.29, 1.82) is 0 Å². The zero-order valence-electron chi connectivity index (χ0n) is 17.5. The van der Waals surface area contributed by atoms with Crippen LogP contribution in [0, 0.1) is 20.8 Å². The lowest BCUT2D eigenvalue weighted by atomic mass is 10.1. The van der Waals surface area contributed by atoms with Gasteiger partial charge in [0.25, 0.3) is 0 Å². The molecular weight excluding hydrogens is 398 g/mol. The number of carbonyl (C=O) groups excluding carboxylic acids is 2. The third-order valence-corrected chi connectivity index (χ3v) is 5.69. The molecule has 1 aromatic heterocycles. The van der Waals surface area contributed by atoms with Gasteiger partial charge in [-0.25, -0.2) is 0 Å². The van der Waals surface area contributed by atoms with Crippen molar-refractivity contribution in [3.8, 4) is 11.4 Å². The van der Waals surface area contributed by atoms with Crippen molar-refractivity contribution in [2.24, 2.45) is 7.05 Å². The van der Waals surface area contributed by atoms with Crippen LogP contribution in [-0.4, -0.2) is 38.9 Å². The van der Waals surface area contributed by atoms with Gasteiger partial charge in [-0.3, -0.25) is 9.59 Å². The summed E-state index contributed by atoms with van der Waals surface area (Å²) in [6.45, 7) is 5.82. The molecule has 0 saturated heterocycles. The SMILES string of the molecule is Cc1ccc(-c2nnc(SCC(=O)NCC(=O)Nc3c(C)cccc3C)n2C)cc1. The summed E-state index contributed by atoms with van der Waals surface area (Å²) in [7, 11) is 1.87. The second-order valence-corrected chi connectivity index (χ2v) is 8.05. The number of hydrogen-bond acceptors (Lipinski definition) is 5. The number of thioether (sulfide) groups is 1. The number of aromatic nitrogens is 3. The van der Waals surface area contributed by atoms with Crippen molar-refractivity contribution in [3.63, 3.8) is 0 Å². The maximum absolute atomic E-state index is 12.2. The molecule has 0 aliphatic carbocycles. The first-order chi connectivity index (χ1) is 14.3. The van der Waals surface area contributed by atoms with Crippen LogP contribution >= 0.6 is 11.8 Å². The standard InChI is InChI=1S/C22H25N5O2S/c1-14-8-10-17(11-9-14)21-25-26-22(27(21)4)30-13-19(29)23-12-18(28)24-20-15(2)6-5-7-16(20)3/h5-11H,12-13H2,1-4H3,(H,23,29)(H,24,28). The molecule has 1 heterocycles. The lowest BCUT2D eigenvalue weighted by molar-refractivity contribution is -0.122. The summed E-state index contributed by atoms with van der Waals surface area (Å²) in [4.78, 5) is 24.3. The number of rotatable bonds is 7. The van der Waals surface area contributed by atoms with Crippen LogP contribution in [0.1, 0.15) is 16.7 Å². The Hall–Kier alpha value is -3.13. The van der Waals surface area contributed by atoms with E-state index in [0.29, 0.717) is 5.16 Å². The third kappa shape index (κ3) is 5.27. The second-order valence-electron chi connectivity index (χ2n) is 7.11. The van der Waals surface area contributed by atoms with Crippen LogP contribution < -0.4 is 10.6 Å². The summed E-state index contributed by atoms with van der Waals surface area (Å²) < 4.78 is 1.86. The van der Waals surface area contributed by atoms with E-state index in [1.165, 1.54) is 17.3 Å². The van der Waals surface area contributed by atoms with Gasteiger partial charge < -0.3 is 15.2 Å². The Balaban J connectivity index is 1.50. The first-order valence-corrected chi connectivity index (χ1v) is 10.6. The van der Waals surface area contributed by atoms with E-state index in [9.17, 15) is 9.59 Å². The van der Waals surface area contributed by atoms with Crippen molar-refractivity contribution in [1.82, 2.24) is 20.1 Å². The Labute approximate surface area is 180 Å². The Morgan fingerprint density at radius 2 is 1.63 bits per heavy atom. The van der Waals surface area contributed by atoms with Crippen LogP contribution in [0.4, 0.5) is 5.69 Å². The number of hydrogen-bond donors (Lipinski definition) is 2. The van der Waals surface area contributed by atoms with E-state index in [4.69, 9.17) is 0 Å². The zero-order chi connectivity index (χ0) is 21.7. The Morgan fingerprint density at radius 1 is 0.967 bits per heavy atom. The average Bonchev–Trinajstić information content (AvgIpc) is 3.09. The molecule has 3 rings (SSSR count). The van der Waals surface area contributed by atoms with Crippen molar-refractivity contribution in [3.05, 3.63) is 59.2 Å². The number of aryl methyl sites for hydroxylation is 3. The summed E-state index contributed by atoms with van der Waals surface area (Å²) in [6, 6.07) is 13.8. The summed E-state index contributed by atoms with van der Waals surface area (Å²) in [5, 5.41) is 14.5. The van der Waals surface area contributed by atoms with Crippen LogP contribution in [0.5, 0.6) is 0 Å². The summed E-state index contributed by atoms with van der Waals surface area (Å²) in [5.41, 5.74) is 4.89. The molecule has 8 heteroatoms. The molecule has 0 bridgehead atoms. The second kappa shape index (κ2) is 9.58. The molecule has 0 aliphatic heterocycles. The van der Waals surface area contributed by atoms with Crippen LogP contribution in [0.15, 0.2) is 47.6 Å². The number of amides is 2. The van der Waals surface area contributed by atoms with Gasteiger partial charge in [0.05, 0.1) is 12.3 Å². The van der Waals surface area contributed by atoms with Crippen molar-refractivity contribution in [2.75, 3.05) is 17.6 Å². The van der Waals surface area contributed by atoms with Gasteiger partial charge in [-0.05, 0) is 31.9 Å². The predicted octanol–water partition coefficient (Wildman–Crippen LogP) is 3.25. The van der Waals surface area contributed by atoms with Crippen molar-refractivity contribution >= 4 is 29.3 Å². The molecule has 0 fully saturated rings. The van der Waals surface area contributed by atoms with E-state index in [-0.39, 0.29) is 24.1 Å². The lowest BCUT2D eigenvalue weighted by Crippen LogP contribution is -2.34. The lowest BCUT2D eigenvalue weighted by Gasteiger charge is -2.11. The molecule has 30 heavy (non-hydrogen) atoms. The van der Waals surface area contributed by atoms with E-state index in [2.05, 4.69) is 20.8 Å². The molecule has 0 spiro atoms. The van der Waals surface area contributed by atoms with Gasteiger partial charge in [0, 0.05) is 18.3 Å². The summed E-state index contributed by atoms with van der Waals surface area (Å²) in [5.74, 6) is 0.393. The van der Waals surface area contributed by atoms with Crippen LogP contribution in [-0.2, 0) is 16.6 Å². The fourth-order valence-corrected chi connectivity index (χ4v) is 3.69. The van der Waals surface area contributed by atoms with Gasteiger partial charge in [-0.1, -0.05) is 59.8 Å². The highest BCUT2D eigenvalue weighted by Crippen LogP contribution is 2.23. The monoisotopic (exact) mass is 423 g/mol. The van der Waals surface area contributed by atoms with E-state index in [0.717, 1.165) is 28.2 Å². The minimum atomic E-state index is -0.258. The molecule has 2 N–H and O–H groups in total. The highest BCUT2D eigenvalue weighted by atomic mass is 32.2. The van der Waals surface area contributed by atoms with Crippen LogP contribution in [0.3, 0.4) is 0 Å². The third-order valence-electron chi connectivity index (χ3n) is 4.67. The highest BCUT2D eigenvalue weighted by molar-refractivity contribution is 7.99. The molecule has 0 saturated carbocycles. The minimum Gasteiger partial charge on any atom is -0.346 e. The normalized spacial score (nSPS) is 10.7. The molecule has 3 aromatic rings. The van der Waals surface area contributed by atoms with Crippen molar-refractivity contribution in [2.45, 2.75) is 25.9 Å². The number of benzene rings is 2.